The maximum atomic E-state index is 12.9. The molecule has 0 saturated carbocycles. The molecule has 1 heterocycles. The van der Waals surface area contributed by atoms with E-state index in [1.165, 1.54) is 0 Å². The van der Waals surface area contributed by atoms with Crippen LogP contribution in [0.3, 0.4) is 0 Å². The largest absolute Gasteiger partial charge is 0.490 e. The van der Waals surface area contributed by atoms with Gasteiger partial charge in [-0.25, -0.2) is 0 Å². The van der Waals surface area contributed by atoms with Gasteiger partial charge in [-0.3, -0.25) is 19.7 Å². The molecule has 1 atom stereocenters. The van der Waals surface area contributed by atoms with Crippen molar-refractivity contribution in [3.05, 3.63) is 65.7 Å². The Labute approximate surface area is 209 Å². The first kappa shape index (κ1) is 26.1. The van der Waals surface area contributed by atoms with E-state index in [-0.39, 0.29) is 30.7 Å². The van der Waals surface area contributed by atoms with E-state index in [4.69, 9.17) is 26.4 Å². The summed E-state index contributed by atoms with van der Waals surface area (Å²) in [5.74, 6) is -0.951. The lowest BCUT2D eigenvalue weighted by atomic mass is 10.1. The van der Waals surface area contributed by atoms with E-state index in [1.807, 2.05) is 30.3 Å². The summed E-state index contributed by atoms with van der Waals surface area (Å²) in [6.45, 7) is 1.55. The molecule has 3 rings (SSSR count). The van der Waals surface area contributed by atoms with Crippen LogP contribution in [0.15, 0.2) is 54.6 Å². The third kappa shape index (κ3) is 7.76. The van der Waals surface area contributed by atoms with E-state index < -0.39 is 17.9 Å². The molecule has 0 aromatic heterocycles. The molecule has 2 aromatic rings. The van der Waals surface area contributed by atoms with Crippen LogP contribution < -0.4 is 15.4 Å². The Bertz CT molecular complexity index is 1030. The maximum Gasteiger partial charge on any atom is 0.308 e. The molecule has 1 unspecified atom stereocenters. The van der Waals surface area contributed by atoms with Gasteiger partial charge in [0.15, 0.2) is 5.11 Å². The first-order valence-electron chi connectivity index (χ1n) is 11.3. The van der Waals surface area contributed by atoms with Gasteiger partial charge in [-0.15, -0.1) is 0 Å². The number of rotatable bonds is 10. The highest BCUT2D eigenvalue weighted by molar-refractivity contribution is 7.80. The number of amides is 2. The molecule has 186 valence electrons. The zero-order chi connectivity index (χ0) is 25.0. The zero-order valence-electron chi connectivity index (χ0n) is 19.5. The summed E-state index contributed by atoms with van der Waals surface area (Å²) in [5.41, 5.74) is 1.34. The van der Waals surface area contributed by atoms with Gasteiger partial charge in [-0.2, -0.15) is 0 Å². The standard InChI is InChI=1S/C25H29N3O6S/c1-32-15-16-33-21-10-6-5-9-19(21)23(30)27-25(35)28-13-12-26-24(31)20(28)17-22(29)34-14-11-18-7-3-2-4-8-18/h2-10,20H,11-17H2,1H3,(H,26,31)(H,27,30,35). The number of para-hydroxylation sites is 1. The molecule has 0 aliphatic carbocycles. The van der Waals surface area contributed by atoms with Gasteiger partial charge in [-0.1, -0.05) is 42.5 Å². The number of nitrogens with zero attached hydrogens (tertiary/aromatic N) is 1. The van der Waals surface area contributed by atoms with Crippen LogP contribution in [0, 0.1) is 0 Å². The van der Waals surface area contributed by atoms with Crippen LogP contribution in [-0.2, 0) is 25.5 Å². The highest BCUT2D eigenvalue weighted by Crippen LogP contribution is 2.18. The van der Waals surface area contributed by atoms with Gasteiger partial charge in [-0.05, 0) is 29.9 Å². The fourth-order valence-electron chi connectivity index (χ4n) is 3.56. The minimum Gasteiger partial charge on any atom is -0.490 e. The van der Waals surface area contributed by atoms with E-state index in [1.54, 1.807) is 36.3 Å². The highest BCUT2D eigenvalue weighted by Gasteiger charge is 2.34. The smallest absolute Gasteiger partial charge is 0.308 e. The maximum absolute atomic E-state index is 12.9. The second kappa shape index (κ2) is 13.4. The number of carbonyl (C=O) groups is 3. The zero-order valence-corrected chi connectivity index (χ0v) is 20.3. The van der Waals surface area contributed by atoms with E-state index in [9.17, 15) is 14.4 Å². The molecule has 0 radical (unpaired) electrons. The fourth-order valence-corrected chi connectivity index (χ4v) is 3.87. The normalized spacial score (nSPS) is 15.2. The van der Waals surface area contributed by atoms with Gasteiger partial charge >= 0.3 is 5.97 Å². The van der Waals surface area contributed by atoms with E-state index in [0.717, 1.165) is 5.56 Å². The summed E-state index contributed by atoms with van der Waals surface area (Å²) < 4.78 is 15.9. The van der Waals surface area contributed by atoms with Crippen LogP contribution in [0.2, 0.25) is 0 Å². The quantitative estimate of drug-likeness (QED) is 0.289. The van der Waals surface area contributed by atoms with Crippen molar-refractivity contribution >= 4 is 35.1 Å². The summed E-state index contributed by atoms with van der Waals surface area (Å²) in [4.78, 5) is 39.4. The SMILES string of the molecule is COCCOc1ccccc1C(=O)NC(=S)N1CCNC(=O)C1CC(=O)OCCc1ccccc1. The van der Waals surface area contributed by atoms with Crippen LogP contribution >= 0.6 is 12.2 Å². The van der Waals surface area contributed by atoms with E-state index >= 15 is 0 Å². The summed E-state index contributed by atoms with van der Waals surface area (Å²) in [7, 11) is 1.56. The first-order chi connectivity index (χ1) is 17.0. The Hall–Kier alpha value is -3.50. The predicted molar refractivity (Wildman–Crippen MR) is 133 cm³/mol. The lowest BCUT2D eigenvalue weighted by molar-refractivity contribution is -0.147. The number of hydrogen-bond donors (Lipinski definition) is 2. The molecule has 2 N–H and O–H groups in total. The third-order valence-electron chi connectivity index (χ3n) is 5.35. The summed E-state index contributed by atoms with van der Waals surface area (Å²) in [6, 6.07) is 15.5. The number of esters is 1. The first-order valence-corrected chi connectivity index (χ1v) is 11.7. The molecule has 9 nitrogen and oxygen atoms in total. The van der Waals surface area contributed by atoms with Crippen molar-refractivity contribution in [2.24, 2.45) is 0 Å². The molecule has 10 heteroatoms. The van der Waals surface area contributed by atoms with Crippen molar-refractivity contribution in [1.29, 1.82) is 0 Å². The van der Waals surface area contributed by atoms with Crippen LogP contribution in [0.1, 0.15) is 22.3 Å². The lowest BCUT2D eigenvalue weighted by Gasteiger charge is -2.36. The Morgan fingerprint density at radius 1 is 1.09 bits per heavy atom. The second-order valence-corrected chi connectivity index (χ2v) is 8.14. The van der Waals surface area contributed by atoms with Crippen molar-refractivity contribution in [2.45, 2.75) is 18.9 Å². The number of thiocarbonyl (C=S) groups is 1. The van der Waals surface area contributed by atoms with Gasteiger partial charge < -0.3 is 24.4 Å². The minimum absolute atomic E-state index is 0.0543. The Morgan fingerprint density at radius 2 is 1.83 bits per heavy atom. The van der Waals surface area contributed by atoms with E-state index in [0.29, 0.717) is 37.4 Å². The molecule has 1 aliphatic heterocycles. The Kier molecular flexibility index (Phi) is 10.00. The number of nitrogens with one attached hydrogen (secondary N) is 2. The minimum atomic E-state index is -0.881. The molecule has 35 heavy (non-hydrogen) atoms. The molecule has 2 amide bonds. The molecule has 2 aromatic carbocycles. The molecule has 0 bridgehead atoms. The van der Waals surface area contributed by atoms with Crippen LogP contribution in [-0.4, -0.2) is 73.9 Å². The van der Waals surface area contributed by atoms with Crippen molar-refractivity contribution in [2.75, 3.05) is 40.0 Å². The molecule has 1 fully saturated rings. The van der Waals surface area contributed by atoms with Gasteiger partial charge in [0.1, 0.15) is 18.4 Å². The number of carbonyl (C=O) groups excluding carboxylic acids is 3. The van der Waals surface area contributed by atoms with Crippen molar-refractivity contribution in [3.8, 4) is 5.75 Å². The van der Waals surface area contributed by atoms with Crippen molar-refractivity contribution in [1.82, 2.24) is 15.5 Å². The number of hydrogen-bond acceptors (Lipinski definition) is 7. The van der Waals surface area contributed by atoms with Crippen molar-refractivity contribution in [3.63, 3.8) is 0 Å². The Morgan fingerprint density at radius 3 is 2.60 bits per heavy atom. The van der Waals surface area contributed by atoms with Crippen LogP contribution in [0.4, 0.5) is 0 Å². The number of ether oxygens (including phenoxy) is 3. The molecule has 1 saturated heterocycles. The van der Waals surface area contributed by atoms with Crippen molar-refractivity contribution < 1.29 is 28.6 Å². The Balaban J connectivity index is 1.58. The number of piperazine rings is 1. The number of methoxy groups -OCH3 is 1. The topological polar surface area (TPSA) is 106 Å². The fraction of sp³-hybridized carbons (Fsp3) is 0.360. The third-order valence-corrected chi connectivity index (χ3v) is 5.68. The lowest BCUT2D eigenvalue weighted by Crippen LogP contribution is -2.60. The van der Waals surface area contributed by atoms with Gasteiger partial charge in [0.05, 0.1) is 25.2 Å². The summed E-state index contributed by atoms with van der Waals surface area (Å²) >= 11 is 5.44. The molecular weight excluding hydrogens is 470 g/mol. The molecule has 1 aliphatic rings. The second-order valence-electron chi connectivity index (χ2n) is 7.76. The summed E-state index contributed by atoms with van der Waals surface area (Å²) in [5, 5.41) is 5.45. The van der Waals surface area contributed by atoms with Crippen LogP contribution in [0.25, 0.3) is 0 Å². The average Bonchev–Trinajstić information content (AvgIpc) is 2.86. The van der Waals surface area contributed by atoms with Gasteiger partial charge in [0, 0.05) is 26.6 Å². The van der Waals surface area contributed by atoms with Gasteiger partial charge in [0.25, 0.3) is 5.91 Å². The molecule has 0 spiro atoms. The predicted octanol–water partition coefficient (Wildman–Crippen LogP) is 1.70. The monoisotopic (exact) mass is 499 g/mol. The number of benzene rings is 2. The summed E-state index contributed by atoms with van der Waals surface area (Å²) in [6.07, 6.45) is 0.390. The van der Waals surface area contributed by atoms with Gasteiger partial charge in [0.2, 0.25) is 5.91 Å². The van der Waals surface area contributed by atoms with E-state index in [2.05, 4.69) is 10.6 Å². The molecular formula is C25H29N3O6S. The van der Waals surface area contributed by atoms with Crippen LogP contribution in [0.5, 0.6) is 5.75 Å². The average molecular weight is 500 g/mol. The highest BCUT2D eigenvalue weighted by atomic mass is 32.1.